The second-order valence-corrected chi connectivity index (χ2v) is 10.3. The van der Waals surface area contributed by atoms with E-state index in [1.807, 2.05) is 0 Å². The molecular formula is C28H31N9O11. The number of nitrogen functional groups attached to an aromatic ring is 1. The summed E-state index contributed by atoms with van der Waals surface area (Å²) in [5.74, 6) is -8.02. The van der Waals surface area contributed by atoms with Gasteiger partial charge in [0.25, 0.3) is 11.5 Å². The SMILES string of the molecule is CC(=O)[C@H](CC(=O)O)NC(=O)[C@H](CC(=O)O)NC(=O)CC[C@H](NC(=O)c1ccc(NCc2cnc3nc(N)[nH]c(=O)c3n2)cc1)C(=O)O. The van der Waals surface area contributed by atoms with Crippen LogP contribution in [0.4, 0.5) is 11.6 Å². The number of H-pyrrole nitrogens is 1. The van der Waals surface area contributed by atoms with E-state index < -0.39 is 90.8 Å². The number of aromatic amines is 1. The third kappa shape index (κ3) is 10.6. The van der Waals surface area contributed by atoms with Gasteiger partial charge in [-0.1, -0.05) is 0 Å². The Morgan fingerprint density at radius 1 is 0.875 bits per heavy atom. The van der Waals surface area contributed by atoms with Gasteiger partial charge in [0.15, 0.2) is 16.9 Å². The molecule has 10 N–H and O–H groups in total. The maximum absolute atomic E-state index is 12.7. The van der Waals surface area contributed by atoms with E-state index in [4.69, 9.17) is 15.9 Å². The summed E-state index contributed by atoms with van der Waals surface area (Å²) in [6, 6.07) is 1.14. The number of benzene rings is 1. The number of nitrogens with one attached hydrogen (secondary N) is 5. The van der Waals surface area contributed by atoms with Crippen molar-refractivity contribution in [3.05, 3.63) is 52.1 Å². The Labute approximate surface area is 269 Å². The number of carbonyl (C=O) groups excluding carboxylic acids is 4. The van der Waals surface area contributed by atoms with Crippen LogP contribution < -0.4 is 32.6 Å². The molecule has 48 heavy (non-hydrogen) atoms. The molecule has 0 saturated carbocycles. The van der Waals surface area contributed by atoms with E-state index in [9.17, 15) is 43.5 Å². The summed E-state index contributed by atoms with van der Waals surface area (Å²) in [4.78, 5) is 110. The Hall–Kier alpha value is -6.47. The quantitative estimate of drug-likeness (QED) is 0.0779. The summed E-state index contributed by atoms with van der Waals surface area (Å²) >= 11 is 0. The van der Waals surface area contributed by atoms with Crippen LogP contribution >= 0.6 is 0 Å². The molecule has 20 heteroatoms. The molecule has 0 radical (unpaired) electrons. The van der Waals surface area contributed by atoms with Crippen LogP contribution in [0.25, 0.3) is 11.2 Å². The number of ketones is 1. The highest BCUT2D eigenvalue weighted by Gasteiger charge is 2.29. The lowest BCUT2D eigenvalue weighted by Crippen LogP contribution is -2.52. The van der Waals surface area contributed by atoms with Crippen LogP contribution in [0, 0.1) is 0 Å². The summed E-state index contributed by atoms with van der Waals surface area (Å²) in [5.41, 5.74) is 6.06. The fourth-order valence-electron chi connectivity index (χ4n) is 4.16. The average molecular weight is 670 g/mol. The minimum Gasteiger partial charge on any atom is -0.481 e. The zero-order valence-electron chi connectivity index (χ0n) is 25.2. The molecule has 3 amide bonds. The number of aromatic nitrogens is 4. The largest absolute Gasteiger partial charge is 0.481 e. The second-order valence-electron chi connectivity index (χ2n) is 10.3. The van der Waals surface area contributed by atoms with Crippen LogP contribution in [0.3, 0.4) is 0 Å². The van der Waals surface area contributed by atoms with E-state index in [2.05, 4.69) is 41.2 Å². The molecule has 20 nitrogen and oxygen atoms in total. The van der Waals surface area contributed by atoms with Crippen LogP contribution in [0.1, 0.15) is 48.7 Å². The number of aliphatic carboxylic acids is 3. The van der Waals surface area contributed by atoms with Gasteiger partial charge in [0.2, 0.25) is 17.8 Å². The molecule has 0 aliphatic carbocycles. The Morgan fingerprint density at radius 3 is 2.12 bits per heavy atom. The van der Waals surface area contributed by atoms with E-state index in [0.717, 1.165) is 6.92 Å². The molecule has 3 atom stereocenters. The number of hydrogen-bond donors (Lipinski definition) is 9. The lowest BCUT2D eigenvalue weighted by Gasteiger charge is -2.21. The first-order valence-corrected chi connectivity index (χ1v) is 14.1. The third-order valence-corrected chi connectivity index (χ3v) is 6.59. The minimum atomic E-state index is -1.71. The van der Waals surface area contributed by atoms with Gasteiger partial charge in [-0.05, 0) is 37.6 Å². The molecule has 0 bridgehead atoms. The molecule has 254 valence electrons. The highest BCUT2D eigenvalue weighted by atomic mass is 16.4. The van der Waals surface area contributed by atoms with Crippen molar-refractivity contribution in [3.63, 3.8) is 0 Å². The number of anilines is 2. The first-order chi connectivity index (χ1) is 22.6. The van der Waals surface area contributed by atoms with Crippen molar-refractivity contribution in [3.8, 4) is 0 Å². The van der Waals surface area contributed by atoms with Crippen molar-refractivity contribution < 1.29 is 48.9 Å². The van der Waals surface area contributed by atoms with Crippen molar-refractivity contribution in [2.45, 2.75) is 57.3 Å². The highest BCUT2D eigenvalue weighted by molar-refractivity contribution is 5.97. The monoisotopic (exact) mass is 669 g/mol. The van der Waals surface area contributed by atoms with E-state index in [-0.39, 0.29) is 29.2 Å². The molecule has 3 rings (SSSR count). The lowest BCUT2D eigenvalue weighted by atomic mass is 10.1. The molecular weight excluding hydrogens is 638 g/mol. The van der Waals surface area contributed by atoms with Crippen LogP contribution in [0.15, 0.2) is 35.3 Å². The average Bonchev–Trinajstić information content (AvgIpc) is 3.00. The lowest BCUT2D eigenvalue weighted by molar-refractivity contribution is -0.143. The summed E-state index contributed by atoms with van der Waals surface area (Å²) in [6.45, 7) is 1.17. The van der Waals surface area contributed by atoms with Crippen LogP contribution in [0.5, 0.6) is 0 Å². The molecule has 3 aromatic rings. The number of Topliss-reactive ketones (excluding diaryl/α,β-unsaturated/α-hetero) is 1. The topological polar surface area (TPSA) is 326 Å². The van der Waals surface area contributed by atoms with E-state index in [1.54, 1.807) is 0 Å². The number of hydrogen-bond acceptors (Lipinski definition) is 13. The zero-order valence-corrected chi connectivity index (χ0v) is 25.2. The van der Waals surface area contributed by atoms with Gasteiger partial charge in [-0.2, -0.15) is 4.98 Å². The standard InChI is InChI=1S/C28H31N9O11/c1-12(38)17(8-20(40)41)35-25(45)18(9-21(42)43)33-19(39)7-6-16(27(47)48)34-24(44)13-2-4-14(5-3-13)30-10-15-11-31-23-22(32-15)26(46)37-28(29)36-23/h2-5,11,16-18,30H,6-10H2,1H3,(H,33,39)(H,34,44)(H,35,45)(H,40,41)(H,42,43)(H,47,48)(H3,29,31,36,37,46)/t16-,17-,18-/m0/s1. The number of nitrogens with zero attached hydrogens (tertiary/aromatic N) is 3. The van der Waals surface area contributed by atoms with E-state index in [1.165, 1.54) is 30.5 Å². The number of carbonyl (C=O) groups is 7. The van der Waals surface area contributed by atoms with E-state index in [0.29, 0.717) is 11.4 Å². The summed E-state index contributed by atoms with van der Waals surface area (Å²) < 4.78 is 0. The molecule has 0 unspecified atom stereocenters. The molecule has 0 aliphatic rings. The molecule has 0 aliphatic heterocycles. The molecule has 2 aromatic heterocycles. The summed E-state index contributed by atoms with van der Waals surface area (Å²) in [7, 11) is 0. The Bertz CT molecular complexity index is 1790. The number of carboxylic acid groups (broad SMARTS) is 3. The number of fused-ring (bicyclic) bond motifs is 1. The van der Waals surface area contributed by atoms with Crippen molar-refractivity contribution in [1.29, 1.82) is 0 Å². The summed E-state index contributed by atoms with van der Waals surface area (Å²) in [6.07, 6.45) is -1.28. The predicted octanol–water partition coefficient (Wildman–Crippen LogP) is -1.62. The highest BCUT2D eigenvalue weighted by Crippen LogP contribution is 2.12. The van der Waals surface area contributed by atoms with Gasteiger partial charge < -0.3 is 42.3 Å². The molecule has 0 fully saturated rings. The number of amides is 3. The van der Waals surface area contributed by atoms with Gasteiger partial charge in [0.05, 0.1) is 37.3 Å². The molecule has 2 heterocycles. The predicted molar refractivity (Wildman–Crippen MR) is 163 cm³/mol. The van der Waals surface area contributed by atoms with Crippen LogP contribution in [-0.2, 0) is 35.3 Å². The maximum atomic E-state index is 12.7. The number of nitrogens with two attached hydrogens (primary N) is 1. The normalized spacial score (nSPS) is 12.6. The first-order valence-electron chi connectivity index (χ1n) is 14.1. The van der Waals surface area contributed by atoms with Crippen molar-refractivity contribution in [2.75, 3.05) is 11.1 Å². The smallest absolute Gasteiger partial charge is 0.326 e. The molecule has 1 aromatic carbocycles. The molecule has 0 spiro atoms. The van der Waals surface area contributed by atoms with Gasteiger partial charge in [-0.3, -0.25) is 38.5 Å². The van der Waals surface area contributed by atoms with Crippen molar-refractivity contribution in [1.82, 2.24) is 35.9 Å². The number of rotatable bonds is 17. The molecule has 0 saturated heterocycles. The van der Waals surface area contributed by atoms with Crippen LogP contribution in [0.2, 0.25) is 0 Å². The van der Waals surface area contributed by atoms with E-state index >= 15 is 0 Å². The fraction of sp³-hybridized carbons (Fsp3) is 0.321. The van der Waals surface area contributed by atoms with Gasteiger partial charge in [-0.15, -0.1) is 0 Å². The van der Waals surface area contributed by atoms with Gasteiger partial charge >= 0.3 is 17.9 Å². The fourth-order valence-corrected chi connectivity index (χ4v) is 4.16. The Kier molecular flexibility index (Phi) is 12.1. The Balaban J connectivity index is 1.56. The minimum absolute atomic E-state index is 0.00217. The van der Waals surface area contributed by atoms with Gasteiger partial charge in [0.1, 0.15) is 12.1 Å². The van der Waals surface area contributed by atoms with Crippen molar-refractivity contribution >= 4 is 64.2 Å². The van der Waals surface area contributed by atoms with Crippen LogP contribution in [-0.4, -0.2) is 94.8 Å². The second kappa shape index (κ2) is 16.2. The first kappa shape index (κ1) is 36.0. The Morgan fingerprint density at radius 2 is 1.52 bits per heavy atom. The van der Waals surface area contributed by atoms with Gasteiger partial charge in [0, 0.05) is 17.7 Å². The summed E-state index contributed by atoms with van der Waals surface area (Å²) in [5, 5.41) is 37.2. The third-order valence-electron chi connectivity index (χ3n) is 6.59. The number of carboxylic acids is 3. The van der Waals surface area contributed by atoms with Crippen molar-refractivity contribution in [2.24, 2.45) is 0 Å². The zero-order chi connectivity index (χ0) is 35.5. The maximum Gasteiger partial charge on any atom is 0.326 e. The van der Waals surface area contributed by atoms with Gasteiger partial charge in [-0.25, -0.2) is 14.8 Å².